The lowest BCUT2D eigenvalue weighted by atomic mass is 10.1. The molecule has 92 valence electrons. The van der Waals surface area contributed by atoms with Crippen LogP contribution < -0.4 is 0 Å². The van der Waals surface area contributed by atoms with Crippen molar-refractivity contribution in [2.24, 2.45) is 5.92 Å². The molecule has 0 aromatic rings. The van der Waals surface area contributed by atoms with Gasteiger partial charge < -0.3 is 9.42 Å². The van der Waals surface area contributed by atoms with Crippen LogP contribution >= 0.6 is 41.3 Å². The largest absolute Gasteiger partial charge is 0.345 e. The summed E-state index contributed by atoms with van der Waals surface area (Å²) in [5.41, 5.74) is 0. The summed E-state index contributed by atoms with van der Waals surface area (Å²) in [5.74, 6) is 0.334. The second kappa shape index (κ2) is 7.00. The van der Waals surface area contributed by atoms with Crippen LogP contribution in [0.5, 0.6) is 0 Å². The van der Waals surface area contributed by atoms with E-state index in [1.807, 2.05) is 6.92 Å². The van der Waals surface area contributed by atoms with E-state index >= 15 is 0 Å². The quantitative estimate of drug-likeness (QED) is 0.591. The molecule has 0 amide bonds. The van der Waals surface area contributed by atoms with E-state index in [2.05, 4.69) is 6.92 Å². The van der Waals surface area contributed by atoms with E-state index in [0.717, 1.165) is 12.8 Å². The molecule has 2 atom stereocenters. The van der Waals surface area contributed by atoms with E-state index in [1.165, 1.54) is 0 Å². The summed E-state index contributed by atoms with van der Waals surface area (Å²) in [6, 6.07) is 0. The average Bonchev–Trinajstić information content (AvgIpc) is 1.99. The van der Waals surface area contributed by atoms with Crippen molar-refractivity contribution in [1.29, 1.82) is 0 Å². The molecule has 0 aliphatic carbocycles. The van der Waals surface area contributed by atoms with Crippen molar-refractivity contribution in [3.8, 4) is 0 Å². The van der Waals surface area contributed by atoms with E-state index in [4.69, 9.17) is 51.1 Å². The predicted molar refractivity (Wildman–Crippen MR) is 71.7 cm³/mol. The van der Waals surface area contributed by atoms with E-state index in [0.29, 0.717) is 12.1 Å². The molecule has 0 bridgehead atoms. The van der Waals surface area contributed by atoms with Crippen LogP contribution in [0.2, 0.25) is 0 Å². The SMILES string of the molecule is CCCC(C)CP(O)(=S)OCC(Cl)(Cl)Cl. The van der Waals surface area contributed by atoms with Crippen molar-refractivity contribution in [3.05, 3.63) is 0 Å². The number of halogens is 3. The minimum Gasteiger partial charge on any atom is -0.345 e. The summed E-state index contributed by atoms with van der Waals surface area (Å²) in [4.78, 5) is 9.80. The molecule has 0 aliphatic heterocycles. The van der Waals surface area contributed by atoms with Crippen LogP contribution in [-0.4, -0.2) is 21.5 Å². The molecule has 2 nitrogen and oxygen atoms in total. The van der Waals surface area contributed by atoms with Gasteiger partial charge in [-0.05, 0) is 17.7 Å². The zero-order chi connectivity index (χ0) is 12.1. The van der Waals surface area contributed by atoms with Gasteiger partial charge in [-0.25, -0.2) is 0 Å². The van der Waals surface area contributed by atoms with Crippen molar-refractivity contribution in [2.75, 3.05) is 12.8 Å². The maximum Gasteiger partial charge on any atom is 0.213 e. The fourth-order valence-corrected chi connectivity index (χ4v) is 3.99. The molecule has 0 aromatic carbocycles. The van der Waals surface area contributed by atoms with Gasteiger partial charge in [0.2, 0.25) is 3.79 Å². The standard InChI is InChI=1S/C8H16Cl3O2PS/c1-3-4-7(2)5-14(12,15)13-6-8(9,10)11/h7H,3-6H2,1-2H3,(H,12,15). The average molecular weight is 314 g/mol. The topological polar surface area (TPSA) is 29.5 Å². The molecule has 2 unspecified atom stereocenters. The summed E-state index contributed by atoms with van der Waals surface area (Å²) >= 11 is 21.5. The van der Waals surface area contributed by atoms with Crippen molar-refractivity contribution < 1.29 is 9.42 Å². The van der Waals surface area contributed by atoms with E-state index < -0.39 is 10.3 Å². The van der Waals surface area contributed by atoms with Gasteiger partial charge in [-0.1, -0.05) is 61.5 Å². The van der Waals surface area contributed by atoms with Crippen molar-refractivity contribution in [2.45, 2.75) is 30.5 Å². The Morgan fingerprint density at radius 2 is 2.00 bits per heavy atom. The minimum absolute atomic E-state index is 0.162. The molecule has 1 N–H and O–H groups in total. The van der Waals surface area contributed by atoms with Crippen LogP contribution in [-0.2, 0) is 16.3 Å². The highest BCUT2D eigenvalue weighted by molar-refractivity contribution is 8.09. The maximum absolute atomic E-state index is 9.80. The smallest absolute Gasteiger partial charge is 0.213 e. The van der Waals surface area contributed by atoms with Crippen LogP contribution in [0.4, 0.5) is 0 Å². The van der Waals surface area contributed by atoms with Gasteiger partial charge in [-0.3, -0.25) is 0 Å². The fourth-order valence-electron chi connectivity index (χ4n) is 1.20. The molecule has 0 rings (SSSR count). The van der Waals surface area contributed by atoms with Crippen molar-refractivity contribution in [3.63, 3.8) is 0 Å². The highest BCUT2D eigenvalue weighted by Crippen LogP contribution is 2.46. The van der Waals surface area contributed by atoms with Gasteiger partial charge in [0.1, 0.15) is 6.61 Å². The Kier molecular flexibility index (Phi) is 7.68. The molecular formula is C8H16Cl3O2PS. The molecule has 0 saturated carbocycles. The molecule has 0 saturated heterocycles. The molecule has 0 aliphatic rings. The zero-order valence-corrected chi connectivity index (χ0v) is 12.7. The minimum atomic E-state index is -2.79. The molecule has 0 spiro atoms. The van der Waals surface area contributed by atoms with E-state index in [1.54, 1.807) is 0 Å². The van der Waals surface area contributed by atoms with Crippen LogP contribution in [0.3, 0.4) is 0 Å². The third-order valence-corrected chi connectivity index (χ3v) is 4.46. The highest BCUT2D eigenvalue weighted by Gasteiger charge is 2.25. The van der Waals surface area contributed by atoms with Gasteiger partial charge in [0.15, 0.2) is 6.49 Å². The summed E-state index contributed by atoms with van der Waals surface area (Å²) in [6.45, 7) is 1.15. The monoisotopic (exact) mass is 312 g/mol. The van der Waals surface area contributed by atoms with E-state index in [9.17, 15) is 4.89 Å². The third kappa shape index (κ3) is 10.3. The number of rotatable bonds is 6. The highest BCUT2D eigenvalue weighted by atomic mass is 35.6. The van der Waals surface area contributed by atoms with Crippen molar-refractivity contribution >= 4 is 53.1 Å². The van der Waals surface area contributed by atoms with Crippen LogP contribution in [0.15, 0.2) is 0 Å². The lowest BCUT2D eigenvalue weighted by molar-refractivity contribution is 0.309. The van der Waals surface area contributed by atoms with Gasteiger partial charge in [-0.15, -0.1) is 0 Å². The number of hydrogen-bond donors (Lipinski definition) is 1. The van der Waals surface area contributed by atoms with E-state index in [-0.39, 0.29) is 6.61 Å². The van der Waals surface area contributed by atoms with Crippen LogP contribution in [0.1, 0.15) is 26.7 Å². The molecule has 0 aromatic heterocycles. The van der Waals surface area contributed by atoms with Gasteiger partial charge in [-0.2, -0.15) is 0 Å². The van der Waals surface area contributed by atoms with Gasteiger partial charge >= 0.3 is 0 Å². The lowest BCUT2D eigenvalue weighted by Gasteiger charge is -2.21. The molecule has 0 radical (unpaired) electrons. The Bertz CT molecular complexity index is 232. The second-order valence-corrected chi connectivity index (χ2v) is 9.73. The predicted octanol–water partition coefficient (Wildman–Crippen LogP) is 4.11. The van der Waals surface area contributed by atoms with Crippen LogP contribution in [0.25, 0.3) is 0 Å². The first kappa shape index (κ1) is 16.4. The van der Waals surface area contributed by atoms with Crippen molar-refractivity contribution in [1.82, 2.24) is 0 Å². The molecule has 0 fully saturated rings. The number of alkyl halides is 3. The molecular weight excluding hydrogens is 297 g/mol. The first-order chi connectivity index (χ1) is 6.66. The summed E-state index contributed by atoms with van der Waals surface area (Å²) in [7, 11) is 0. The Hall–Kier alpha value is 1.44. The third-order valence-electron chi connectivity index (χ3n) is 1.75. The normalized spacial score (nSPS) is 18.5. The fraction of sp³-hybridized carbons (Fsp3) is 1.00. The van der Waals surface area contributed by atoms with Gasteiger partial charge in [0.25, 0.3) is 0 Å². The zero-order valence-electron chi connectivity index (χ0n) is 8.75. The Labute approximate surface area is 111 Å². The number of hydrogen-bond acceptors (Lipinski definition) is 2. The molecule has 7 heteroatoms. The maximum atomic E-state index is 9.80. The molecule has 0 heterocycles. The summed E-state index contributed by atoms with van der Waals surface area (Å²) < 4.78 is 3.58. The first-order valence-corrected chi connectivity index (χ1v) is 8.68. The Morgan fingerprint density at radius 3 is 2.40 bits per heavy atom. The van der Waals surface area contributed by atoms with Gasteiger partial charge in [0.05, 0.1) is 0 Å². The second-order valence-electron chi connectivity index (χ2n) is 3.60. The van der Waals surface area contributed by atoms with Gasteiger partial charge in [0, 0.05) is 6.16 Å². The summed E-state index contributed by atoms with van der Waals surface area (Å²) in [6.07, 6.45) is 2.54. The Balaban J connectivity index is 4.02. The molecule has 15 heavy (non-hydrogen) atoms. The first-order valence-electron chi connectivity index (χ1n) is 4.69. The van der Waals surface area contributed by atoms with Crippen LogP contribution in [0, 0.1) is 5.92 Å². The lowest BCUT2D eigenvalue weighted by Crippen LogP contribution is -2.14. The summed E-state index contributed by atoms with van der Waals surface area (Å²) in [5, 5.41) is 0. The Morgan fingerprint density at radius 1 is 1.47 bits per heavy atom.